The molecule has 0 aliphatic heterocycles. The lowest BCUT2D eigenvalue weighted by Gasteiger charge is -2.16. The Balaban J connectivity index is 1.73. The zero-order valence-electron chi connectivity index (χ0n) is 13.7. The van der Waals surface area contributed by atoms with Crippen molar-refractivity contribution >= 4 is 28.5 Å². The average molecular weight is 362 g/mol. The fourth-order valence-corrected chi connectivity index (χ4v) is 2.62. The predicted molar refractivity (Wildman–Crippen MR) is 92.9 cm³/mol. The van der Waals surface area contributed by atoms with Gasteiger partial charge in [0.2, 0.25) is 0 Å². The van der Waals surface area contributed by atoms with Crippen LogP contribution in [0.3, 0.4) is 0 Å². The van der Waals surface area contributed by atoms with E-state index in [1.54, 1.807) is 38.4 Å². The van der Waals surface area contributed by atoms with Crippen LogP contribution < -0.4 is 10.4 Å². The minimum Gasteiger partial charge on any atom is -0.482 e. The van der Waals surface area contributed by atoms with Crippen LogP contribution in [0.25, 0.3) is 11.0 Å². The van der Waals surface area contributed by atoms with Crippen molar-refractivity contribution in [3.05, 3.63) is 63.4 Å². The third-order valence-corrected chi connectivity index (χ3v) is 4.05. The van der Waals surface area contributed by atoms with Crippen molar-refractivity contribution in [2.75, 3.05) is 13.7 Å². The molecule has 0 bridgehead atoms. The van der Waals surface area contributed by atoms with Crippen LogP contribution in [0.1, 0.15) is 11.3 Å². The van der Waals surface area contributed by atoms with Crippen molar-refractivity contribution in [1.29, 1.82) is 0 Å². The zero-order valence-corrected chi connectivity index (χ0v) is 14.5. The Kier molecular flexibility index (Phi) is 4.81. The van der Waals surface area contributed by atoms with Gasteiger partial charge in [-0.15, -0.1) is 0 Å². The van der Waals surface area contributed by atoms with E-state index >= 15 is 0 Å². The Hall–Kier alpha value is -2.73. The van der Waals surface area contributed by atoms with E-state index < -0.39 is 5.63 Å². The fourth-order valence-electron chi connectivity index (χ4n) is 2.40. The fraction of sp³-hybridized carbons (Fsp3) is 0.222. The summed E-state index contributed by atoms with van der Waals surface area (Å²) in [7, 11) is 1.65. The van der Waals surface area contributed by atoms with E-state index in [1.807, 2.05) is 0 Å². The van der Waals surface area contributed by atoms with Gasteiger partial charge in [0, 0.05) is 24.6 Å². The number of halogens is 1. The van der Waals surface area contributed by atoms with Gasteiger partial charge in [-0.05, 0) is 30.7 Å². The van der Waals surface area contributed by atoms with Crippen molar-refractivity contribution in [2.24, 2.45) is 0 Å². The molecule has 0 saturated heterocycles. The summed E-state index contributed by atoms with van der Waals surface area (Å²) in [5, 5.41) is 1.06. The van der Waals surface area contributed by atoms with Gasteiger partial charge >= 0.3 is 5.63 Å². The number of furan rings is 1. The Morgan fingerprint density at radius 1 is 1.32 bits per heavy atom. The van der Waals surface area contributed by atoms with Gasteiger partial charge in [-0.3, -0.25) is 4.79 Å². The number of hydrogen-bond donors (Lipinski definition) is 0. The number of carbonyl (C=O) groups excluding carboxylic acids is 1. The summed E-state index contributed by atoms with van der Waals surface area (Å²) in [5.41, 5.74) is 0.669. The Morgan fingerprint density at radius 3 is 2.84 bits per heavy atom. The van der Waals surface area contributed by atoms with Crippen LogP contribution >= 0.6 is 11.6 Å². The van der Waals surface area contributed by atoms with E-state index in [9.17, 15) is 9.59 Å². The summed E-state index contributed by atoms with van der Waals surface area (Å²) in [6, 6.07) is 8.11. The highest BCUT2D eigenvalue weighted by molar-refractivity contribution is 6.32. The lowest BCUT2D eigenvalue weighted by Crippen LogP contribution is -2.30. The van der Waals surface area contributed by atoms with Crippen LogP contribution in [0.15, 0.2) is 50.2 Å². The number of fused-ring (bicyclic) bond motifs is 1. The molecule has 0 spiro atoms. The summed E-state index contributed by atoms with van der Waals surface area (Å²) in [6.45, 7) is 1.94. The van der Waals surface area contributed by atoms with Gasteiger partial charge in [0.25, 0.3) is 5.91 Å². The number of benzene rings is 1. The third kappa shape index (κ3) is 3.85. The largest absolute Gasteiger partial charge is 0.482 e. The molecule has 0 aliphatic rings. The summed E-state index contributed by atoms with van der Waals surface area (Å²) < 4.78 is 15.9. The number of carbonyl (C=O) groups is 1. The topological polar surface area (TPSA) is 72.9 Å². The molecule has 1 aromatic carbocycles. The van der Waals surface area contributed by atoms with Crippen molar-refractivity contribution in [3.8, 4) is 5.75 Å². The van der Waals surface area contributed by atoms with Gasteiger partial charge in [0.05, 0.1) is 17.8 Å². The van der Waals surface area contributed by atoms with E-state index in [2.05, 4.69) is 0 Å². The molecule has 6 nitrogen and oxygen atoms in total. The molecule has 25 heavy (non-hydrogen) atoms. The molecule has 0 atom stereocenters. The van der Waals surface area contributed by atoms with E-state index in [-0.39, 0.29) is 18.3 Å². The van der Waals surface area contributed by atoms with Gasteiger partial charge in [-0.25, -0.2) is 4.79 Å². The second kappa shape index (κ2) is 7.03. The highest BCUT2D eigenvalue weighted by Crippen LogP contribution is 2.31. The van der Waals surface area contributed by atoms with E-state index in [1.165, 1.54) is 17.0 Å². The molecule has 0 unspecified atom stereocenters. The average Bonchev–Trinajstić information content (AvgIpc) is 3.06. The zero-order chi connectivity index (χ0) is 18.0. The predicted octanol–water partition coefficient (Wildman–Crippen LogP) is 3.39. The molecule has 2 heterocycles. The maximum absolute atomic E-state index is 12.2. The van der Waals surface area contributed by atoms with Gasteiger partial charge in [-0.1, -0.05) is 11.6 Å². The molecular weight excluding hydrogens is 346 g/mol. The molecule has 3 rings (SSSR count). The Morgan fingerprint density at radius 2 is 2.12 bits per heavy atom. The number of hydrogen-bond acceptors (Lipinski definition) is 5. The molecule has 0 aliphatic carbocycles. The number of amides is 1. The highest BCUT2D eigenvalue weighted by Gasteiger charge is 2.14. The molecule has 0 N–H and O–H groups in total. The number of aryl methyl sites for hydroxylation is 1. The molecule has 7 heteroatoms. The molecular formula is C18H16ClNO5. The summed E-state index contributed by atoms with van der Waals surface area (Å²) in [4.78, 5) is 25.1. The third-order valence-electron chi connectivity index (χ3n) is 3.75. The lowest BCUT2D eigenvalue weighted by molar-refractivity contribution is -0.132. The van der Waals surface area contributed by atoms with Crippen LogP contribution in [-0.4, -0.2) is 24.5 Å². The second-order valence-corrected chi connectivity index (χ2v) is 6.05. The van der Waals surface area contributed by atoms with Crippen molar-refractivity contribution in [3.63, 3.8) is 0 Å². The van der Waals surface area contributed by atoms with Crippen molar-refractivity contribution < 1.29 is 18.4 Å². The van der Waals surface area contributed by atoms with Crippen molar-refractivity contribution in [2.45, 2.75) is 13.5 Å². The van der Waals surface area contributed by atoms with Gasteiger partial charge in [0.15, 0.2) is 6.61 Å². The van der Waals surface area contributed by atoms with Crippen LogP contribution in [0.4, 0.5) is 0 Å². The maximum atomic E-state index is 12.2. The second-order valence-electron chi connectivity index (χ2n) is 5.65. The van der Waals surface area contributed by atoms with Crippen molar-refractivity contribution in [1.82, 2.24) is 4.90 Å². The van der Waals surface area contributed by atoms with Crippen LogP contribution in [0, 0.1) is 6.92 Å². The smallest absolute Gasteiger partial charge is 0.336 e. The molecule has 0 saturated carbocycles. The van der Waals surface area contributed by atoms with Crippen LogP contribution in [0.2, 0.25) is 5.02 Å². The first-order valence-corrected chi connectivity index (χ1v) is 7.95. The van der Waals surface area contributed by atoms with Gasteiger partial charge in [0.1, 0.15) is 17.1 Å². The molecule has 3 aromatic rings. The lowest BCUT2D eigenvalue weighted by atomic mass is 10.1. The van der Waals surface area contributed by atoms with E-state index in [4.69, 9.17) is 25.2 Å². The molecule has 0 fully saturated rings. The first-order chi connectivity index (χ1) is 11.9. The summed E-state index contributed by atoms with van der Waals surface area (Å²) in [5.74, 6) is 0.720. The number of ether oxygens (including phenoxy) is 1. The monoisotopic (exact) mass is 361 g/mol. The SMILES string of the molecule is Cc1cc(=O)oc2cc(OCC(=O)N(C)Cc3ccco3)c(Cl)cc12. The summed E-state index contributed by atoms with van der Waals surface area (Å²) >= 11 is 6.21. The molecule has 130 valence electrons. The van der Waals surface area contributed by atoms with Crippen LogP contribution in [-0.2, 0) is 11.3 Å². The number of nitrogens with zero attached hydrogens (tertiary/aromatic N) is 1. The van der Waals surface area contributed by atoms with Gasteiger partial charge < -0.3 is 18.5 Å². The number of likely N-dealkylation sites (N-methyl/N-ethyl adjacent to an activating group) is 1. The summed E-state index contributed by atoms with van der Waals surface area (Å²) in [6.07, 6.45) is 1.55. The Labute approximate surface area is 148 Å². The first kappa shape index (κ1) is 17.1. The van der Waals surface area contributed by atoms with Crippen LogP contribution in [0.5, 0.6) is 5.75 Å². The number of rotatable bonds is 5. The maximum Gasteiger partial charge on any atom is 0.336 e. The minimum absolute atomic E-state index is 0.196. The molecule has 0 radical (unpaired) electrons. The standard InChI is InChI=1S/C18H16ClNO5/c1-11-6-18(22)25-15-8-16(14(19)7-13(11)15)24-10-17(21)20(2)9-12-4-3-5-23-12/h3-8H,9-10H2,1-2H3. The minimum atomic E-state index is -0.451. The first-order valence-electron chi connectivity index (χ1n) is 7.57. The normalized spacial score (nSPS) is 10.8. The molecule has 1 amide bonds. The molecule has 2 aromatic heterocycles. The van der Waals surface area contributed by atoms with E-state index in [0.29, 0.717) is 22.9 Å². The van der Waals surface area contributed by atoms with Gasteiger partial charge in [-0.2, -0.15) is 0 Å². The quantitative estimate of drug-likeness (QED) is 0.651. The highest BCUT2D eigenvalue weighted by atomic mass is 35.5. The van der Waals surface area contributed by atoms with E-state index in [0.717, 1.165) is 10.9 Å². The Bertz CT molecular complexity index is 962.